The molecule has 11 atom stereocenters. The SMILES string of the molecule is O=P(O)(O)OC[C@H](O)COP(=O)(O)OC[C@H](O)COP(=O)(O)OC[C@H](O)COP(=O)(O)OC[C@H](O)COP(=O)(O)OC[C@H](O)COP(=O)(O)OC[C@H](O)CO. The number of hydrogen-bond acceptors (Lipinski definition) is 24. The Balaban J connectivity index is 4.42. The van der Waals surface area contributed by atoms with Gasteiger partial charge in [-0.05, 0) is 0 Å². The van der Waals surface area contributed by atoms with E-state index in [2.05, 4.69) is 49.8 Å². The monoisotopic (exact) mass is 942 g/mol. The van der Waals surface area contributed by atoms with E-state index in [1.165, 1.54) is 0 Å². The minimum atomic E-state index is -5.09. The van der Waals surface area contributed by atoms with E-state index in [0.717, 1.165) is 0 Å². The third-order valence-corrected chi connectivity index (χ3v) is 10.2. The molecule has 0 aromatic carbocycles. The molecule has 0 fully saturated rings. The molecule has 0 radical (unpaired) electrons. The van der Waals surface area contributed by atoms with Crippen molar-refractivity contribution in [2.45, 2.75) is 36.6 Å². The summed E-state index contributed by atoms with van der Waals surface area (Å²) in [6.45, 7) is -12.2. The van der Waals surface area contributed by atoms with Crippen LogP contribution in [0.5, 0.6) is 0 Å². The predicted octanol–water partition coefficient (Wildman–Crippen LogP) is -4.08. The van der Waals surface area contributed by atoms with Gasteiger partial charge in [-0.3, -0.25) is 49.8 Å². The van der Waals surface area contributed by atoms with Crippen molar-refractivity contribution in [2.24, 2.45) is 0 Å². The molecule has 0 aromatic heterocycles. The van der Waals surface area contributed by atoms with Gasteiger partial charge >= 0.3 is 46.9 Å². The average molecular weight is 942 g/mol. The standard InChI is InChI=1S/C18H44O31P6/c19-1-13(20)2-40-51(29,30)42-5-15(22)6-44-53(33,34)46-9-17(24)10-48-55(37,38)49-12-18(25)11-47-54(35,36)45-8-16(23)7-43-52(31,32)41-4-14(21)3-39-50(26,27)28/h13-25H,1-12H2,(H,29,30)(H,31,32)(H,33,34)(H,35,36)(H,37,38)(H2,26,27,28)/t13-,14+,15-,16+,17-,18+/m1/s1. The zero-order valence-electron chi connectivity index (χ0n) is 27.8. The molecule has 0 amide bonds. The summed E-state index contributed by atoms with van der Waals surface area (Å²) in [5, 5.41) is 66.1. The van der Waals surface area contributed by atoms with Crippen molar-refractivity contribution >= 4 is 46.9 Å². The van der Waals surface area contributed by atoms with E-state index < -0.39 is 163 Å². The Labute approximate surface area is 310 Å². The lowest BCUT2D eigenvalue weighted by molar-refractivity contribution is -0.0000215. The van der Waals surface area contributed by atoms with Crippen LogP contribution in [0, 0.1) is 0 Å². The summed E-state index contributed by atoms with van der Waals surface area (Å²) in [7, 11) is -30.0. The molecule has 0 saturated carbocycles. The molecule has 14 N–H and O–H groups in total. The molecule has 31 nitrogen and oxygen atoms in total. The number of phosphoric ester groups is 6. The molecule has 0 aromatic rings. The van der Waals surface area contributed by atoms with Gasteiger partial charge in [-0.1, -0.05) is 0 Å². The largest absolute Gasteiger partial charge is 0.472 e. The maximum absolute atomic E-state index is 12.0. The summed E-state index contributed by atoms with van der Waals surface area (Å²) in [5.41, 5.74) is 0. The highest BCUT2D eigenvalue weighted by Crippen LogP contribution is 2.48. The Morgan fingerprint density at radius 1 is 0.291 bits per heavy atom. The van der Waals surface area contributed by atoms with Gasteiger partial charge in [0.25, 0.3) is 0 Å². The molecule has 5 unspecified atom stereocenters. The Kier molecular flexibility index (Phi) is 26.1. The van der Waals surface area contributed by atoms with Gasteiger partial charge in [0.2, 0.25) is 0 Å². The van der Waals surface area contributed by atoms with Crippen LogP contribution < -0.4 is 0 Å². The van der Waals surface area contributed by atoms with E-state index in [-0.39, 0.29) is 0 Å². The van der Waals surface area contributed by atoms with Gasteiger partial charge in [0.05, 0.1) is 79.3 Å². The normalized spacial score (nSPS) is 21.5. The summed E-state index contributed by atoms with van der Waals surface area (Å²) in [5.74, 6) is 0. The summed E-state index contributed by atoms with van der Waals surface area (Å²) < 4.78 is 117. The molecule has 0 bridgehead atoms. The van der Waals surface area contributed by atoms with E-state index in [9.17, 15) is 77.4 Å². The summed E-state index contributed by atoms with van der Waals surface area (Å²) in [6.07, 6.45) is -10.8. The molecule has 55 heavy (non-hydrogen) atoms. The number of aliphatic hydroxyl groups excluding tert-OH is 7. The van der Waals surface area contributed by atoms with E-state index >= 15 is 0 Å². The van der Waals surface area contributed by atoms with Crippen LogP contribution in [0.3, 0.4) is 0 Å². The molecule has 0 heterocycles. The maximum atomic E-state index is 12.0. The second kappa shape index (κ2) is 25.9. The Morgan fingerprint density at radius 2 is 0.436 bits per heavy atom. The van der Waals surface area contributed by atoms with Gasteiger partial charge in [-0.15, -0.1) is 0 Å². The highest BCUT2D eigenvalue weighted by Gasteiger charge is 2.31. The number of rotatable bonds is 34. The van der Waals surface area contributed by atoms with Crippen LogP contribution in [0.2, 0.25) is 0 Å². The maximum Gasteiger partial charge on any atom is 0.472 e. The van der Waals surface area contributed by atoms with Gasteiger partial charge in [0.15, 0.2) is 0 Å². The predicted molar refractivity (Wildman–Crippen MR) is 170 cm³/mol. The smallest absolute Gasteiger partial charge is 0.394 e. The quantitative estimate of drug-likeness (QED) is 0.0273. The molecular formula is C18H44O31P6. The topological polar surface area (TPSA) is 487 Å². The first-order valence-electron chi connectivity index (χ1n) is 14.4. The molecule has 0 spiro atoms. The second-order valence-electron chi connectivity index (χ2n) is 10.2. The van der Waals surface area contributed by atoms with Crippen molar-refractivity contribution in [1.29, 1.82) is 0 Å². The van der Waals surface area contributed by atoms with Crippen LogP contribution in [0.1, 0.15) is 0 Å². The molecule has 0 aliphatic heterocycles. The Bertz CT molecular complexity index is 1380. The lowest BCUT2D eigenvalue weighted by atomic mass is 10.4. The van der Waals surface area contributed by atoms with Crippen LogP contribution in [0.4, 0.5) is 0 Å². The third-order valence-electron chi connectivity index (χ3n) is 4.95. The molecule has 0 rings (SSSR count). The Hall–Kier alpha value is 0.380. The fourth-order valence-corrected chi connectivity index (χ4v) is 6.81. The molecule has 0 saturated heterocycles. The molecular weight excluding hydrogens is 898 g/mol. The van der Waals surface area contributed by atoms with Gasteiger partial charge in [0.1, 0.15) is 36.6 Å². The second-order valence-corrected chi connectivity index (χ2v) is 18.7. The zero-order valence-corrected chi connectivity index (χ0v) is 33.2. The van der Waals surface area contributed by atoms with Crippen LogP contribution in [0.15, 0.2) is 0 Å². The molecule has 332 valence electrons. The van der Waals surface area contributed by atoms with Gasteiger partial charge in [-0.2, -0.15) is 0 Å². The van der Waals surface area contributed by atoms with E-state index in [4.69, 9.17) is 20.0 Å². The van der Waals surface area contributed by atoms with Crippen molar-refractivity contribution in [2.75, 3.05) is 79.3 Å². The van der Waals surface area contributed by atoms with E-state index in [1.807, 2.05) is 0 Å². The minimum Gasteiger partial charge on any atom is -0.394 e. The van der Waals surface area contributed by atoms with E-state index in [0.29, 0.717) is 0 Å². The molecule has 37 heteroatoms. The average Bonchev–Trinajstić information content (AvgIpc) is 3.08. The number of phosphoric acid groups is 6. The van der Waals surface area contributed by atoms with Crippen LogP contribution >= 0.6 is 46.9 Å². The van der Waals surface area contributed by atoms with Crippen molar-refractivity contribution < 1.29 is 147 Å². The first-order chi connectivity index (χ1) is 25.0. The first-order valence-corrected chi connectivity index (χ1v) is 23.5. The third kappa shape index (κ3) is 31.9. The van der Waals surface area contributed by atoms with Gasteiger partial charge < -0.3 is 70.0 Å². The van der Waals surface area contributed by atoms with Crippen molar-refractivity contribution in [1.82, 2.24) is 0 Å². The fraction of sp³-hybridized carbons (Fsp3) is 1.00. The number of aliphatic hydroxyl groups is 7. The Morgan fingerprint density at radius 3 is 0.582 bits per heavy atom. The fourth-order valence-electron chi connectivity index (χ4n) is 2.47. The van der Waals surface area contributed by atoms with Crippen LogP contribution in [-0.4, -0.2) is 186 Å². The van der Waals surface area contributed by atoms with Crippen molar-refractivity contribution in [3.8, 4) is 0 Å². The van der Waals surface area contributed by atoms with Crippen molar-refractivity contribution in [3.05, 3.63) is 0 Å². The summed E-state index contributed by atoms with van der Waals surface area (Å²) in [4.78, 5) is 64.8. The van der Waals surface area contributed by atoms with Crippen molar-refractivity contribution in [3.63, 3.8) is 0 Å². The van der Waals surface area contributed by atoms with Gasteiger partial charge in [0, 0.05) is 0 Å². The lowest BCUT2D eigenvalue weighted by Gasteiger charge is -2.20. The summed E-state index contributed by atoms with van der Waals surface area (Å²) in [6, 6.07) is 0. The first kappa shape index (κ1) is 55.4. The number of hydrogen-bond donors (Lipinski definition) is 14. The molecule has 0 aliphatic carbocycles. The zero-order chi connectivity index (χ0) is 42.7. The molecule has 0 aliphatic rings. The van der Waals surface area contributed by atoms with E-state index in [1.54, 1.807) is 0 Å². The van der Waals surface area contributed by atoms with Crippen LogP contribution in [0.25, 0.3) is 0 Å². The van der Waals surface area contributed by atoms with Crippen LogP contribution in [-0.2, 0) is 77.2 Å². The highest BCUT2D eigenvalue weighted by atomic mass is 31.2. The van der Waals surface area contributed by atoms with Gasteiger partial charge in [-0.25, -0.2) is 27.4 Å². The summed E-state index contributed by atoms with van der Waals surface area (Å²) >= 11 is 0. The minimum absolute atomic E-state index is 0.797. The highest BCUT2D eigenvalue weighted by molar-refractivity contribution is 7.48. The lowest BCUT2D eigenvalue weighted by Crippen LogP contribution is -2.25.